The highest BCUT2D eigenvalue weighted by Gasteiger charge is 2.39. The third-order valence-corrected chi connectivity index (χ3v) is 3.97. The fourth-order valence-corrected chi connectivity index (χ4v) is 2.74. The number of hydrogen-bond acceptors (Lipinski definition) is 4. The molecule has 1 fully saturated rings. The maximum Gasteiger partial charge on any atom is 0.227 e. The Morgan fingerprint density at radius 1 is 1.48 bits per heavy atom. The molecule has 0 radical (unpaired) electrons. The van der Waals surface area contributed by atoms with Crippen LogP contribution in [0.3, 0.4) is 0 Å². The lowest BCUT2D eigenvalue weighted by atomic mass is 9.89. The van der Waals surface area contributed by atoms with Crippen molar-refractivity contribution in [3.63, 3.8) is 0 Å². The summed E-state index contributed by atoms with van der Waals surface area (Å²) in [5, 5.41) is 2.76. The maximum absolute atomic E-state index is 12.0. The van der Waals surface area contributed by atoms with Crippen LogP contribution >= 0.6 is 0 Å². The number of hydrogen-bond donors (Lipinski definition) is 2. The molecule has 1 aromatic rings. The summed E-state index contributed by atoms with van der Waals surface area (Å²) in [5.41, 5.74) is 7.30. The fourth-order valence-electron chi connectivity index (χ4n) is 2.74. The molecule has 116 valence electrons. The first-order chi connectivity index (χ1) is 9.85. The van der Waals surface area contributed by atoms with Gasteiger partial charge in [-0.3, -0.25) is 4.79 Å². The number of ether oxygens (including phenoxy) is 1. The number of nitrogen functional groups attached to an aromatic ring is 1. The first-order valence-electron chi connectivity index (χ1n) is 7.39. The molecule has 5 heteroatoms. The van der Waals surface area contributed by atoms with Crippen LogP contribution in [-0.2, 0) is 4.79 Å². The molecule has 1 unspecified atom stereocenters. The lowest BCUT2D eigenvalue weighted by Gasteiger charge is -2.24. The molecule has 1 atom stereocenters. The highest BCUT2D eigenvalue weighted by atomic mass is 16.5. The van der Waals surface area contributed by atoms with Crippen LogP contribution < -0.4 is 20.7 Å². The molecule has 0 saturated carbocycles. The lowest BCUT2D eigenvalue weighted by molar-refractivity contribution is -0.128. The van der Waals surface area contributed by atoms with Gasteiger partial charge in [-0.1, -0.05) is 0 Å². The molecule has 1 aliphatic rings. The van der Waals surface area contributed by atoms with Gasteiger partial charge in [-0.15, -0.1) is 0 Å². The summed E-state index contributed by atoms with van der Waals surface area (Å²) < 4.78 is 5.73. The van der Waals surface area contributed by atoms with Crippen molar-refractivity contribution in [2.75, 3.05) is 30.8 Å². The molecule has 1 amide bonds. The molecule has 2 rings (SSSR count). The van der Waals surface area contributed by atoms with Crippen molar-refractivity contribution >= 4 is 17.3 Å². The Bertz CT molecular complexity index is 530. The normalized spacial score (nSPS) is 21.7. The zero-order chi connectivity index (χ0) is 15.6. The van der Waals surface area contributed by atoms with Crippen molar-refractivity contribution in [3.8, 4) is 5.75 Å². The molecule has 21 heavy (non-hydrogen) atoms. The van der Waals surface area contributed by atoms with Crippen molar-refractivity contribution in [1.82, 2.24) is 5.32 Å². The van der Waals surface area contributed by atoms with Crippen molar-refractivity contribution < 1.29 is 9.53 Å². The Morgan fingerprint density at radius 2 is 2.19 bits per heavy atom. The summed E-state index contributed by atoms with van der Waals surface area (Å²) in [4.78, 5) is 14.2. The van der Waals surface area contributed by atoms with Crippen LogP contribution in [0.1, 0.15) is 27.2 Å². The Labute approximate surface area is 126 Å². The first kappa shape index (κ1) is 15.5. The highest BCUT2D eigenvalue weighted by molar-refractivity contribution is 5.83. The fraction of sp³-hybridized carbons (Fsp3) is 0.562. The molecule has 0 aliphatic carbocycles. The van der Waals surface area contributed by atoms with E-state index in [1.807, 2.05) is 39.0 Å². The largest absolute Gasteiger partial charge is 0.489 e. The number of benzene rings is 1. The number of amides is 1. The van der Waals surface area contributed by atoms with E-state index in [1.54, 1.807) is 7.05 Å². The van der Waals surface area contributed by atoms with E-state index in [-0.39, 0.29) is 17.4 Å². The molecule has 1 aliphatic heterocycles. The van der Waals surface area contributed by atoms with Crippen LogP contribution in [0.15, 0.2) is 18.2 Å². The SMILES string of the molecule is CNC(=O)C1(C)CCN(c2ccc(N)c(OC(C)C)c2)C1. The Kier molecular flexibility index (Phi) is 4.30. The smallest absolute Gasteiger partial charge is 0.227 e. The number of nitrogens with two attached hydrogens (primary N) is 1. The summed E-state index contributed by atoms with van der Waals surface area (Å²) >= 11 is 0. The molecule has 1 aromatic carbocycles. The van der Waals surface area contributed by atoms with Crippen molar-refractivity contribution in [1.29, 1.82) is 0 Å². The Hall–Kier alpha value is -1.91. The molecule has 5 nitrogen and oxygen atoms in total. The number of nitrogens with zero attached hydrogens (tertiary/aromatic N) is 1. The summed E-state index contributed by atoms with van der Waals surface area (Å²) in [7, 11) is 1.69. The van der Waals surface area contributed by atoms with Crippen LogP contribution in [0.25, 0.3) is 0 Å². The average molecular weight is 291 g/mol. The van der Waals surface area contributed by atoms with Gasteiger partial charge in [-0.25, -0.2) is 0 Å². The van der Waals surface area contributed by atoms with E-state index in [1.165, 1.54) is 0 Å². The molecule has 3 N–H and O–H groups in total. The lowest BCUT2D eigenvalue weighted by Crippen LogP contribution is -2.39. The van der Waals surface area contributed by atoms with E-state index in [4.69, 9.17) is 10.5 Å². The van der Waals surface area contributed by atoms with Crippen LogP contribution in [0, 0.1) is 5.41 Å². The second-order valence-corrected chi connectivity index (χ2v) is 6.20. The predicted octanol–water partition coefficient (Wildman–Crippen LogP) is 2.02. The average Bonchev–Trinajstić information content (AvgIpc) is 2.84. The number of carbonyl (C=O) groups excluding carboxylic acids is 1. The van der Waals surface area contributed by atoms with Gasteiger partial charge in [0.25, 0.3) is 0 Å². The predicted molar refractivity (Wildman–Crippen MR) is 85.6 cm³/mol. The maximum atomic E-state index is 12.0. The summed E-state index contributed by atoms with van der Waals surface area (Å²) in [6.07, 6.45) is 0.925. The van der Waals surface area contributed by atoms with Gasteiger partial charge in [0.1, 0.15) is 5.75 Å². The van der Waals surface area contributed by atoms with Crippen LogP contribution in [-0.4, -0.2) is 32.1 Å². The summed E-state index contributed by atoms with van der Waals surface area (Å²) in [6, 6.07) is 5.81. The molecular weight excluding hydrogens is 266 g/mol. The van der Waals surface area contributed by atoms with E-state index in [0.29, 0.717) is 18.0 Å². The van der Waals surface area contributed by atoms with E-state index in [2.05, 4.69) is 10.2 Å². The highest BCUT2D eigenvalue weighted by Crippen LogP contribution is 2.36. The van der Waals surface area contributed by atoms with Gasteiger partial charge in [-0.2, -0.15) is 0 Å². The van der Waals surface area contributed by atoms with Gasteiger partial charge in [0, 0.05) is 31.9 Å². The summed E-state index contributed by atoms with van der Waals surface area (Å²) in [5.74, 6) is 0.801. The first-order valence-corrected chi connectivity index (χ1v) is 7.39. The van der Waals surface area contributed by atoms with Crippen LogP contribution in [0.4, 0.5) is 11.4 Å². The standard InChI is InChI=1S/C16H25N3O2/c1-11(2)21-14-9-12(5-6-13(14)17)19-8-7-16(3,10-19)15(20)18-4/h5-6,9,11H,7-8,10,17H2,1-4H3,(H,18,20). The van der Waals surface area contributed by atoms with E-state index in [9.17, 15) is 4.79 Å². The Morgan fingerprint density at radius 3 is 2.81 bits per heavy atom. The monoisotopic (exact) mass is 291 g/mol. The molecule has 0 spiro atoms. The van der Waals surface area contributed by atoms with E-state index < -0.39 is 0 Å². The van der Waals surface area contributed by atoms with E-state index >= 15 is 0 Å². The quantitative estimate of drug-likeness (QED) is 0.833. The van der Waals surface area contributed by atoms with Gasteiger partial charge in [0.2, 0.25) is 5.91 Å². The molecule has 1 heterocycles. The molecular formula is C16H25N3O2. The van der Waals surface area contributed by atoms with Gasteiger partial charge in [0.05, 0.1) is 17.2 Å². The second-order valence-electron chi connectivity index (χ2n) is 6.20. The molecule has 0 aromatic heterocycles. The number of anilines is 2. The van der Waals surface area contributed by atoms with Crippen molar-refractivity contribution in [2.24, 2.45) is 5.41 Å². The summed E-state index contributed by atoms with van der Waals surface area (Å²) in [6.45, 7) is 7.52. The second kappa shape index (κ2) is 5.84. The van der Waals surface area contributed by atoms with Gasteiger partial charge in [-0.05, 0) is 39.3 Å². The Balaban J connectivity index is 2.18. The minimum atomic E-state index is -0.338. The van der Waals surface area contributed by atoms with E-state index in [0.717, 1.165) is 18.7 Å². The topological polar surface area (TPSA) is 67.6 Å². The number of nitrogens with one attached hydrogen (secondary N) is 1. The van der Waals surface area contributed by atoms with Gasteiger partial charge >= 0.3 is 0 Å². The number of carbonyl (C=O) groups is 1. The van der Waals surface area contributed by atoms with Gasteiger partial charge < -0.3 is 20.7 Å². The van der Waals surface area contributed by atoms with Crippen LogP contribution in [0.5, 0.6) is 5.75 Å². The zero-order valence-electron chi connectivity index (χ0n) is 13.3. The minimum absolute atomic E-state index is 0.0808. The third kappa shape index (κ3) is 3.23. The molecule has 1 saturated heterocycles. The molecule has 0 bridgehead atoms. The van der Waals surface area contributed by atoms with Gasteiger partial charge in [0.15, 0.2) is 0 Å². The van der Waals surface area contributed by atoms with Crippen LogP contribution in [0.2, 0.25) is 0 Å². The zero-order valence-corrected chi connectivity index (χ0v) is 13.3. The number of rotatable bonds is 4. The third-order valence-electron chi connectivity index (χ3n) is 3.97. The van der Waals surface area contributed by atoms with Crippen molar-refractivity contribution in [2.45, 2.75) is 33.3 Å². The van der Waals surface area contributed by atoms with Crippen molar-refractivity contribution in [3.05, 3.63) is 18.2 Å². The minimum Gasteiger partial charge on any atom is -0.489 e.